The van der Waals surface area contributed by atoms with E-state index < -0.39 is 18.4 Å². The molecule has 0 fully saturated rings. The molecule has 0 atom stereocenters. The number of unbranched alkanes of at least 4 members (excludes halogenated alkanes) is 9. The van der Waals surface area contributed by atoms with Gasteiger partial charge in [-0.1, -0.05) is 13.3 Å². The van der Waals surface area contributed by atoms with Crippen molar-refractivity contribution < 1.29 is 0 Å². The van der Waals surface area contributed by atoms with Gasteiger partial charge in [0.15, 0.2) is 0 Å². The fraction of sp³-hybridized carbons (Fsp3) is 0.600. The molecule has 0 saturated heterocycles. The van der Waals surface area contributed by atoms with E-state index in [4.69, 9.17) is 0 Å². The molecule has 150 valence electrons. The van der Waals surface area contributed by atoms with Gasteiger partial charge in [0, 0.05) is 0 Å². The number of hydrogen-bond acceptors (Lipinski definition) is 1. The molecular weight excluding hydrogens is 451 g/mol. The second-order valence-electron chi connectivity index (χ2n) is 9.01. The monoisotopic (exact) mass is 492 g/mol. The van der Waals surface area contributed by atoms with Crippen LogP contribution in [-0.4, -0.2) is 18.4 Å². The molecule has 0 aliphatic heterocycles. The number of benzene rings is 1. The Morgan fingerprint density at radius 2 is 1.30 bits per heavy atom. The minimum atomic E-state index is -2.04. The van der Waals surface area contributed by atoms with E-state index in [1.54, 1.807) is 8.46 Å². The van der Waals surface area contributed by atoms with E-state index in [-0.39, 0.29) is 0 Å². The van der Waals surface area contributed by atoms with Gasteiger partial charge in [-0.05, 0) is 0 Å². The molecule has 0 saturated carbocycles. The summed E-state index contributed by atoms with van der Waals surface area (Å²) in [6.45, 7) is 2.30. The van der Waals surface area contributed by atoms with Crippen LogP contribution in [0.4, 0.5) is 0 Å². The molecule has 0 bridgehead atoms. The molecule has 0 nitrogen and oxygen atoms in total. The SMILES string of the molecule is CCCCCCCCCCCCc1cc(-c2ccccc2)s[c]1[Sn]([CH3])([CH3])[CH3]. The molecule has 2 rings (SSSR count). The molecule has 2 aromatic rings. The van der Waals surface area contributed by atoms with E-state index in [9.17, 15) is 0 Å². The molecule has 0 N–H and O–H groups in total. The summed E-state index contributed by atoms with van der Waals surface area (Å²) < 4.78 is 1.79. The first kappa shape index (κ1) is 23.0. The quantitative estimate of drug-likeness (QED) is 0.195. The topological polar surface area (TPSA) is 0 Å². The van der Waals surface area contributed by atoms with Crippen molar-refractivity contribution in [2.45, 2.75) is 92.4 Å². The molecule has 0 amide bonds. The molecule has 1 aromatic heterocycles. The van der Waals surface area contributed by atoms with Gasteiger partial charge in [-0.3, -0.25) is 0 Å². The Morgan fingerprint density at radius 3 is 1.85 bits per heavy atom. The van der Waals surface area contributed by atoms with Crippen LogP contribution in [0.5, 0.6) is 0 Å². The first-order chi connectivity index (χ1) is 13.0. The summed E-state index contributed by atoms with van der Waals surface area (Å²) >= 11 is 0.0522. The van der Waals surface area contributed by atoms with E-state index in [0.717, 1.165) is 0 Å². The van der Waals surface area contributed by atoms with Gasteiger partial charge in [-0.15, -0.1) is 0 Å². The van der Waals surface area contributed by atoms with E-state index >= 15 is 0 Å². The Bertz CT molecular complexity index is 636. The number of thiophene rings is 1. The van der Waals surface area contributed by atoms with Crippen LogP contribution in [-0.2, 0) is 6.42 Å². The summed E-state index contributed by atoms with van der Waals surface area (Å²) in [7, 11) is 0. The van der Waals surface area contributed by atoms with Crippen molar-refractivity contribution in [3.63, 3.8) is 0 Å². The summed E-state index contributed by atoms with van der Waals surface area (Å²) in [4.78, 5) is 9.19. The molecule has 0 unspecified atom stereocenters. The molecular formula is C25H40SSn. The third-order valence-electron chi connectivity index (χ3n) is 5.35. The summed E-state index contributed by atoms with van der Waals surface area (Å²) in [6.07, 6.45) is 15.5. The maximum atomic E-state index is 2.57. The molecule has 1 aromatic carbocycles. The second-order valence-corrected chi connectivity index (χ2v) is 25.4. The van der Waals surface area contributed by atoms with Crippen LogP contribution >= 0.6 is 11.3 Å². The van der Waals surface area contributed by atoms with Gasteiger partial charge in [0.2, 0.25) is 0 Å². The predicted molar refractivity (Wildman–Crippen MR) is 128 cm³/mol. The molecule has 2 heteroatoms. The Hall–Kier alpha value is -0.281. The van der Waals surface area contributed by atoms with Crippen LogP contribution in [0.1, 0.15) is 76.7 Å². The average molecular weight is 491 g/mol. The fourth-order valence-corrected chi connectivity index (χ4v) is 11.9. The van der Waals surface area contributed by atoms with Gasteiger partial charge in [-0.25, -0.2) is 0 Å². The summed E-state index contributed by atoms with van der Waals surface area (Å²) in [6, 6.07) is 13.5. The number of rotatable bonds is 13. The summed E-state index contributed by atoms with van der Waals surface area (Å²) in [5.41, 5.74) is 3.08. The predicted octanol–water partition coefficient (Wildman–Crippen LogP) is 8.42. The van der Waals surface area contributed by atoms with Crippen LogP contribution < -0.4 is 2.89 Å². The Labute approximate surface area is 176 Å². The van der Waals surface area contributed by atoms with Gasteiger partial charge in [0.25, 0.3) is 0 Å². The molecule has 27 heavy (non-hydrogen) atoms. The first-order valence-corrected chi connectivity index (χ1v) is 22.0. The van der Waals surface area contributed by atoms with Crippen molar-refractivity contribution in [1.82, 2.24) is 0 Å². The second kappa shape index (κ2) is 12.3. The standard InChI is InChI=1S/C22H31S.3CH3.Sn/c1-2-3-4-5-6-7-8-9-10-12-15-20-18-22(23-19-20)21-16-13-11-14-17-21;;;;/h11,13-14,16-18H,2-10,12,15H2,1H3;3*1H3;. The van der Waals surface area contributed by atoms with Crippen molar-refractivity contribution in [3.05, 3.63) is 42.0 Å². The normalized spacial score (nSPS) is 11.9. The van der Waals surface area contributed by atoms with Gasteiger partial charge < -0.3 is 0 Å². The van der Waals surface area contributed by atoms with E-state index in [1.165, 1.54) is 81.1 Å². The van der Waals surface area contributed by atoms with Crippen LogP contribution in [0.15, 0.2) is 36.4 Å². The molecule has 0 aliphatic rings. The maximum absolute atomic E-state index is 2.57. The summed E-state index contributed by atoms with van der Waals surface area (Å²) in [5, 5.41) is 0. The molecule has 0 spiro atoms. The Kier molecular flexibility index (Phi) is 10.5. The van der Waals surface area contributed by atoms with Gasteiger partial charge in [0.05, 0.1) is 0 Å². The first-order valence-electron chi connectivity index (χ1n) is 11.2. The molecule has 1 heterocycles. The Balaban J connectivity index is 1.79. The van der Waals surface area contributed by atoms with Gasteiger partial charge >= 0.3 is 164 Å². The van der Waals surface area contributed by atoms with Crippen molar-refractivity contribution in [2.75, 3.05) is 0 Å². The van der Waals surface area contributed by atoms with E-state index in [1.807, 2.05) is 0 Å². The van der Waals surface area contributed by atoms with Crippen LogP contribution in [0.2, 0.25) is 14.8 Å². The zero-order chi connectivity index (χ0) is 19.5. The molecule has 0 aliphatic carbocycles. The molecule has 0 radical (unpaired) electrons. The minimum absolute atomic E-state index is 1.29. The third-order valence-corrected chi connectivity index (χ3v) is 16.2. The summed E-state index contributed by atoms with van der Waals surface area (Å²) in [5.74, 6) is 0. The van der Waals surface area contributed by atoms with Crippen molar-refractivity contribution >= 4 is 32.6 Å². The van der Waals surface area contributed by atoms with Crippen molar-refractivity contribution in [2.24, 2.45) is 0 Å². The van der Waals surface area contributed by atoms with E-state index in [2.05, 4.69) is 69.5 Å². The van der Waals surface area contributed by atoms with Crippen LogP contribution in [0.25, 0.3) is 10.4 Å². The number of aryl methyl sites for hydroxylation is 1. The Morgan fingerprint density at radius 1 is 0.741 bits per heavy atom. The fourth-order valence-electron chi connectivity index (χ4n) is 3.80. The van der Waals surface area contributed by atoms with Crippen molar-refractivity contribution in [3.8, 4) is 10.4 Å². The zero-order valence-corrected chi connectivity index (χ0v) is 21.8. The zero-order valence-electron chi connectivity index (χ0n) is 18.2. The van der Waals surface area contributed by atoms with Crippen LogP contribution in [0, 0.1) is 0 Å². The van der Waals surface area contributed by atoms with Crippen LogP contribution in [0.3, 0.4) is 0 Å². The van der Waals surface area contributed by atoms with E-state index in [0.29, 0.717) is 0 Å². The average Bonchev–Trinajstić information content (AvgIpc) is 3.09. The van der Waals surface area contributed by atoms with Gasteiger partial charge in [0.1, 0.15) is 0 Å². The number of hydrogen-bond donors (Lipinski definition) is 0. The van der Waals surface area contributed by atoms with Gasteiger partial charge in [-0.2, -0.15) is 0 Å². The van der Waals surface area contributed by atoms with Crippen molar-refractivity contribution in [1.29, 1.82) is 0 Å². The third kappa shape index (κ3) is 8.31.